The van der Waals surface area contributed by atoms with Crippen LogP contribution < -0.4 is 4.72 Å². The standard InChI is InChI=1S/C12H19N3O4S/c1-11(2,3)19-10(16)14-20(17,18)15-7-12(8-15)4-9(5-12)6-13/h9H,4-5,7-8H2,1-3H3,(H,14,16). The number of nitrogens with zero attached hydrogens (tertiary/aromatic N) is 2. The second kappa shape index (κ2) is 4.60. The van der Waals surface area contributed by atoms with Gasteiger partial charge < -0.3 is 4.74 Å². The average molecular weight is 301 g/mol. The van der Waals surface area contributed by atoms with Gasteiger partial charge in [-0.05, 0) is 33.6 Å². The molecule has 1 amide bonds. The number of hydrogen-bond donors (Lipinski definition) is 1. The molecule has 2 aliphatic rings. The summed E-state index contributed by atoms with van der Waals surface area (Å²) in [6.45, 7) is 5.71. The Morgan fingerprint density at radius 1 is 1.40 bits per heavy atom. The summed E-state index contributed by atoms with van der Waals surface area (Å²) >= 11 is 0. The van der Waals surface area contributed by atoms with E-state index >= 15 is 0 Å². The fourth-order valence-corrected chi connectivity index (χ4v) is 3.94. The summed E-state index contributed by atoms with van der Waals surface area (Å²) < 4.78 is 31.9. The first kappa shape index (κ1) is 15.1. The number of amides is 1. The number of rotatable bonds is 2. The number of hydrogen-bond acceptors (Lipinski definition) is 5. The zero-order chi connectivity index (χ0) is 15.2. The predicted molar refractivity (Wildman–Crippen MR) is 70.6 cm³/mol. The summed E-state index contributed by atoms with van der Waals surface area (Å²) in [5, 5.41) is 8.74. The van der Waals surface area contributed by atoms with Crippen molar-refractivity contribution in [3.63, 3.8) is 0 Å². The van der Waals surface area contributed by atoms with Crippen molar-refractivity contribution >= 4 is 16.3 Å². The first-order valence-electron chi connectivity index (χ1n) is 6.46. The van der Waals surface area contributed by atoms with E-state index in [1.165, 1.54) is 4.31 Å². The highest BCUT2D eigenvalue weighted by Gasteiger charge is 2.55. The van der Waals surface area contributed by atoms with E-state index in [4.69, 9.17) is 10.00 Å². The number of carbonyl (C=O) groups is 1. The third kappa shape index (κ3) is 3.04. The topological polar surface area (TPSA) is 99.5 Å². The van der Waals surface area contributed by atoms with Crippen molar-refractivity contribution in [1.29, 1.82) is 5.26 Å². The Labute approximate surface area is 119 Å². The Balaban J connectivity index is 1.85. The van der Waals surface area contributed by atoms with Crippen molar-refractivity contribution < 1.29 is 17.9 Å². The molecule has 1 aliphatic heterocycles. The molecule has 0 bridgehead atoms. The molecule has 0 radical (unpaired) electrons. The number of ether oxygens (including phenoxy) is 1. The summed E-state index contributed by atoms with van der Waals surface area (Å²) in [6, 6.07) is 2.18. The van der Waals surface area contributed by atoms with E-state index in [-0.39, 0.29) is 11.3 Å². The van der Waals surface area contributed by atoms with Gasteiger partial charge in [0.2, 0.25) is 0 Å². The molecule has 1 heterocycles. The third-order valence-corrected chi connectivity index (χ3v) is 4.88. The van der Waals surface area contributed by atoms with E-state index in [1.807, 2.05) is 4.72 Å². The Kier molecular flexibility index (Phi) is 3.47. The van der Waals surface area contributed by atoms with E-state index < -0.39 is 21.9 Å². The lowest BCUT2D eigenvalue weighted by atomic mass is 9.59. The molecule has 1 N–H and O–H groups in total. The SMILES string of the molecule is CC(C)(C)OC(=O)NS(=O)(=O)N1CC2(CC(C#N)C2)C1. The maximum Gasteiger partial charge on any atom is 0.422 e. The van der Waals surface area contributed by atoms with Crippen molar-refractivity contribution in [2.75, 3.05) is 13.1 Å². The van der Waals surface area contributed by atoms with Crippen molar-refractivity contribution in [3.8, 4) is 6.07 Å². The van der Waals surface area contributed by atoms with Gasteiger partial charge in [0.25, 0.3) is 0 Å². The van der Waals surface area contributed by atoms with Gasteiger partial charge in [0.15, 0.2) is 0 Å². The van der Waals surface area contributed by atoms with Crippen molar-refractivity contribution in [3.05, 3.63) is 0 Å². The van der Waals surface area contributed by atoms with Crippen molar-refractivity contribution in [2.24, 2.45) is 11.3 Å². The first-order valence-corrected chi connectivity index (χ1v) is 7.90. The Morgan fingerprint density at radius 3 is 2.40 bits per heavy atom. The quantitative estimate of drug-likeness (QED) is 0.820. The highest BCUT2D eigenvalue weighted by Crippen LogP contribution is 2.52. The smallest absolute Gasteiger partial charge is 0.422 e. The fourth-order valence-electron chi connectivity index (χ4n) is 2.68. The predicted octanol–water partition coefficient (Wildman–Crippen LogP) is 0.991. The van der Waals surface area contributed by atoms with Crippen LogP contribution in [-0.4, -0.2) is 37.5 Å². The van der Waals surface area contributed by atoms with Gasteiger partial charge in [-0.1, -0.05) is 0 Å². The van der Waals surface area contributed by atoms with Gasteiger partial charge in [0.05, 0.1) is 6.07 Å². The zero-order valence-corrected chi connectivity index (χ0v) is 12.7. The maximum atomic E-state index is 11.9. The summed E-state index contributed by atoms with van der Waals surface area (Å²) in [4.78, 5) is 11.5. The Bertz CT molecular complexity index is 544. The van der Waals surface area contributed by atoms with Gasteiger partial charge in [-0.3, -0.25) is 0 Å². The Morgan fingerprint density at radius 2 is 1.95 bits per heavy atom. The van der Waals surface area contributed by atoms with Gasteiger partial charge in [-0.2, -0.15) is 18.0 Å². The van der Waals surface area contributed by atoms with Gasteiger partial charge in [-0.25, -0.2) is 9.52 Å². The fraction of sp³-hybridized carbons (Fsp3) is 0.833. The molecule has 2 fully saturated rings. The Hall–Kier alpha value is -1.33. The molecule has 2 rings (SSSR count). The molecule has 7 nitrogen and oxygen atoms in total. The minimum absolute atomic E-state index is 0.0404. The van der Waals surface area contributed by atoms with Crippen LogP contribution in [0.2, 0.25) is 0 Å². The molecule has 0 aromatic heterocycles. The molecule has 1 spiro atoms. The molecule has 8 heteroatoms. The minimum Gasteiger partial charge on any atom is -0.443 e. The van der Waals surface area contributed by atoms with Gasteiger partial charge in [-0.15, -0.1) is 0 Å². The van der Waals surface area contributed by atoms with E-state index in [0.29, 0.717) is 13.1 Å². The highest BCUT2D eigenvalue weighted by molar-refractivity contribution is 7.87. The molecule has 0 unspecified atom stereocenters. The molecule has 1 saturated carbocycles. The van der Waals surface area contributed by atoms with E-state index in [0.717, 1.165) is 12.8 Å². The highest BCUT2D eigenvalue weighted by atomic mass is 32.2. The van der Waals surface area contributed by atoms with Crippen LogP contribution in [0.25, 0.3) is 0 Å². The number of nitriles is 1. The van der Waals surface area contributed by atoms with Crippen LogP contribution in [0.1, 0.15) is 33.6 Å². The van der Waals surface area contributed by atoms with Gasteiger partial charge >= 0.3 is 16.3 Å². The largest absolute Gasteiger partial charge is 0.443 e. The van der Waals surface area contributed by atoms with Crippen molar-refractivity contribution in [2.45, 2.75) is 39.2 Å². The lowest BCUT2D eigenvalue weighted by molar-refractivity contribution is -0.0346. The molecular weight excluding hydrogens is 282 g/mol. The van der Waals surface area contributed by atoms with E-state index in [2.05, 4.69) is 6.07 Å². The monoisotopic (exact) mass is 301 g/mol. The number of nitrogens with one attached hydrogen (secondary N) is 1. The zero-order valence-electron chi connectivity index (χ0n) is 11.8. The summed E-state index contributed by atoms with van der Waals surface area (Å²) in [7, 11) is -3.84. The number of carbonyl (C=O) groups excluding carboxylic acids is 1. The van der Waals surface area contributed by atoms with Crippen LogP contribution in [0.15, 0.2) is 0 Å². The molecule has 1 aliphatic carbocycles. The normalized spacial score (nSPS) is 22.5. The van der Waals surface area contributed by atoms with Crippen LogP contribution in [0.4, 0.5) is 4.79 Å². The third-order valence-electron chi connectivity index (χ3n) is 3.52. The maximum absolute atomic E-state index is 11.9. The summed E-state index contributed by atoms with van der Waals surface area (Å²) in [5.74, 6) is 0.0404. The van der Waals surface area contributed by atoms with Crippen LogP contribution in [0, 0.1) is 22.7 Å². The van der Waals surface area contributed by atoms with Crippen LogP contribution in [-0.2, 0) is 14.9 Å². The average Bonchev–Trinajstić information content (AvgIpc) is 2.08. The minimum atomic E-state index is -3.84. The summed E-state index contributed by atoms with van der Waals surface area (Å²) in [6.07, 6.45) is 0.506. The van der Waals surface area contributed by atoms with E-state index in [1.54, 1.807) is 20.8 Å². The van der Waals surface area contributed by atoms with Gasteiger partial charge in [0, 0.05) is 24.4 Å². The van der Waals surface area contributed by atoms with Crippen molar-refractivity contribution in [1.82, 2.24) is 9.03 Å². The molecule has 0 aromatic carbocycles. The second-order valence-corrected chi connectivity index (χ2v) is 8.28. The molecule has 1 saturated heterocycles. The lowest BCUT2D eigenvalue weighted by Gasteiger charge is -2.56. The molecular formula is C12H19N3O4S. The van der Waals surface area contributed by atoms with E-state index in [9.17, 15) is 13.2 Å². The molecule has 20 heavy (non-hydrogen) atoms. The van der Waals surface area contributed by atoms with Crippen LogP contribution >= 0.6 is 0 Å². The molecule has 0 aromatic rings. The lowest BCUT2D eigenvalue weighted by Crippen LogP contribution is -2.65. The van der Waals surface area contributed by atoms with Gasteiger partial charge in [0.1, 0.15) is 5.60 Å². The summed E-state index contributed by atoms with van der Waals surface area (Å²) in [5.41, 5.74) is -0.799. The van der Waals surface area contributed by atoms with Crippen LogP contribution in [0.5, 0.6) is 0 Å². The second-order valence-electron chi connectivity index (χ2n) is 6.61. The molecule has 0 atom stereocenters. The first-order chi connectivity index (χ1) is 9.05. The molecule has 112 valence electrons. The van der Waals surface area contributed by atoms with Crippen LogP contribution in [0.3, 0.4) is 0 Å².